The van der Waals surface area contributed by atoms with E-state index in [1.807, 2.05) is 24.3 Å². The number of likely N-dealkylation sites (N-methyl/N-ethyl adjacent to an activating group) is 1. The smallest absolute Gasteiger partial charge is 0.331 e. The van der Waals surface area contributed by atoms with E-state index in [1.54, 1.807) is 11.9 Å². The number of hydrogen-bond acceptors (Lipinski definition) is 4. The van der Waals surface area contributed by atoms with E-state index < -0.39 is 11.2 Å². The van der Waals surface area contributed by atoms with Crippen molar-refractivity contribution in [3.05, 3.63) is 67.5 Å². The minimum absolute atomic E-state index is 0.0180. The number of aryl methyl sites for hydroxylation is 1. The average molecular weight is 378 g/mol. The second-order valence-corrected chi connectivity index (χ2v) is 7.47. The number of benzene rings is 1. The van der Waals surface area contributed by atoms with Gasteiger partial charge < -0.3 is 4.90 Å². The third-order valence-corrected chi connectivity index (χ3v) is 5.93. The molecule has 2 heterocycles. The highest BCUT2D eigenvalue weighted by Crippen LogP contribution is 2.33. The highest BCUT2D eigenvalue weighted by Gasteiger charge is 2.28. The van der Waals surface area contributed by atoms with Gasteiger partial charge in [-0.25, -0.2) is 9.36 Å². The molecule has 0 radical (unpaired) electrons. The zero-order valence-electron chi connectivity index (χ0n) is 15.9. The molecular weight excluding hydrogens is 356 g/mol. The van der Waals surface area contributed by atoms with Crippen LogP contribution >= 0.6 is 0 Å². The molecule has 0 fully saturated rings. The maximum atomic E-state index is 13.0. The van der Waals surface area contributed by atoms with Crippen molar-refractivity contribution >= 4 is 5.91 Å². The highest BCUT2D eigenvalue weighted by molar-refractivity contribution is 5.76. The van der Waals surface area contributed by atoms with Crippen LogP contribution in [0.5, 0.6) is 0 Å². The Hall–Kier alpha value is -3.14. The number of fused-ring (bicyclic) bond motifs is 2. The van der Waals surface area contributed by atoms with Crippen molar-refractivity contribution in [3.63, 3.8) is 0 Å². The summed E-state index contributed by atoms with van der Waals surface area (Å²) >= 11 is 0. The largest absolute Gasteiger partial charge is 0.337 e. The monoisotopic (exact) mass is 378 g/mol. The second-order valence-electron chi connectivity index (χ2n) is 7.47. The predicted molar refractivity (Wildman–Crippen MR) is 103 cm³/mol. The van der Waals surface area contributed by atoms with Gasteiger partial charge in [-0.2, -0.15) is 5.26 Å². The average Bonchev–Trinajstić information content (AvgIpc) is 3.20. The van der Waals surface area contributed by atoms with Crippen LogP contribution in [0.4, 0.5) is 0 Å². The van der Waals surface area contributed by atoms with E-state index in [1.165, 1.54) is 10.1 Å². The summed E-state index contributed by atoms with van der Waals surface area (Å²) in [6.45, 7) is 0.130. The van der Waals surface area contributed by atoms with Gasteiger partial charge in [-0.15, -0.1) is 0 Å². The molecule has 0 unspecified atom stereocenters. The van der Waals surface area contributed by atoms with Crippen LogP contribution in [-0.4, -0.2) is 27.0 Å². The predicted octanol–water partition coefficient (Wildman–Crippen LogP) is 1.36. The fourth-order valence-corrected chi connectivity index (χ4v) is 4.44. The topological polar surface area (TPSA) is 88.1 Å². The van der Waals surface area contributed by atoms with E-state index in [2.05, 4.69) is 6.07 Å². The van der Waals surface area contributed by atoms with Gasteiger partial charge in [-0.3, -0.25) is 14.2 Å². The lowest BCUT2D eigenvalue weighted by Gasteiger charge is -2.33. The fraction of sp³-hybridized carbons (Fsp3) is 0.429. The van der Waals surface area contributed by atoms with E-state index in [4.69, 9.17) is 0 Å². The van der Waals surface area contributed by atoms with Gasteiger partial charge in [0.05, 0.1) is 6.04 Å². The van der Waals surface area contributed by atoms with Gasteiger partial charge in [0.25, 0.3) is 5.56 Å². The van der Waals surface area contributed by atoms with Gasteiger partial charge in [-0.05, 0) is 43.2 Å². The molecule has 7 nitrogen and oxygen atoms in total. The van der Waals surface area contributed by atoms with E-state index in [0.29, 0.717) is 18.7 Å². The molecule has 1 atom stereocenters. The maximum Gasteiger partial charge on any atom is 0.331 e. The Morgan fingerprint density at radius 1 is 1.25 bits per heavy atom. The molecule has 2 aliphatic rings. The molecule has 1 aliphatic heterocycles. The van der Waals surface area contributed by atoms with Gasteiger partial charge >= 0.3 is 5.69 Å². The van der Waals surface area contributed by atoms with Crippen LogP contribution in [0, 0.1) is 11.3 Å². The maximum absolute atomic E-state index is 13.0. The van der Waals surface area contributed by atoms with Gasteiger partial charge in [0, 0.05) is 19.3 Å². The SMILES string of the molecule is CN(C(=O)Cn1c(=O)c(C#N)c2n(c1=O)CCC2)[C@@H]1CCCc2ccccc21. The van der Waals surface area contributed by atoms with Crippen LogP contribution in [0.1, 0.15) is 47.7 Å². The van der Waals surface area contributed by atoms with E-state index in [0.717, 1.165) is 35.8 Å². The third kappa shape index (κ3) is 2.85. The lowest BCUT2D eigenvalue weighted by molar-refractivity contribution is -0.133. The van der Waals surface area contributed by atoms with Gasteiger partial charge in [0.15, 0.2) is 0 Å². The van der Waals surface area contributed by atoms with Crippen LogP contribution in [0.15, 0.2) is 33.9 Å². The highest BCUT2D eigenvalue weighted by atomic mass is 16.2. The molecule has 0 spiro atoms. The number of aromatic nitrogens is 2. The van der Waals surface area contributed by atoms with Gasteiger partial charge in [0.2, 0.25) is 5.91 Å². The molecule has 1 aromatic heterocycles. The normalized spacial score (nSPS) is 17.5. The zero-order valence-corrected chi connectivity index (χ0v) is 15.9. The summed E-state index contributed by atoms with van der Waals surface area (Å²) in [4.78, 5) is 40.0. The van der Waals surface area contributed by atoms with Crippen molar-refractivity contribution in [2.75, 3.05) is 7.05 Å². The Kier molecular flexibility index (Phi) is 4.63. The van der Waals surface area contributed by atoms with Crippen molar-refractivity contribution in [1.29, 1.82) is 5.26 Å². The summed E-state index contributed by atoms with van der Waals surface area (Å²) in [5.41, 5.74) is 1.68. The van der Waals surface area contributed by atoms with Crippen molar-refractivity contribution in [3.8, 4) is 6.07 Å². The van der Waals surface area contributed by atoms with Crippen molar-refractivity contribution in [1.82, 2.24) is 14.0 Å². The molecular formula is C21H22N4O3. The quantitative estimate of drug-likeness (QED) is 0.807. The Balaban J connectivity index is 1.66. The van der Waals surface area contributed by atoms with E-state index in [9.17, 15) is 19.6 Å². The summed E-state index contributed by atoms with van der Waals surface area (Å²) in [5, 5.41) is 9.38. The summed E-state index contributed by atoms with van der Waals surface area (Å²) in [7, 11) is 1.72. The Bertz CT molecular complexity index is 1110. The molecule has 0 saturated carbocycles. The van der Waals surface area contributed by atoms with E-state index in [-0.39, 0.29) is 24.1 Å². The lowest BCUT2D eigenvalue weighted by Crippen LogP contribution is -2.46. The first-order valence-electron chi connectivity index (χ1n) is 9.63. The molecule has 0 saturated heterocycles. The zero-order chi connectivity index (χ0) is 19.8. The first kappa shape index (κ1) is 18.2. The molecule has 0 bridgehead atoms. The van der Waals surface area contributed by atoms with Crippen molar-refractivity contribution in [2.24, 2.45) is 0 Å². The molecule has 2 aromatic rings. The first-order valence-corrected chi connectivity index (χ1v) is 9.63. The Morgan fingerprint density at radius 2 is 2.04 bits per heavy atom. The number of nitriles is 1. The summed E-state index contributed by atoms with van der Waals surface area (Å²) < 4.78 is 2.38. The van der Waals surface area contributed by atoms with E-state index >= 15 is 0 Å². The summed E-state index contributed by atoms with van der Waals surface area (Å²) in [6, 6.07) is 9.93. The summed E-state index contributed by atoms with van der Waals surface area (Å²) in [6.07, 6.45) is 4.09. The van der Waals surface area contributed by atoms with Gasteiger partial charge in [0.1, 0.15) is 18.2 Å². The standard InChI is InChI=1S/C21H22N4O3/c1-23(17-9-4-7-14-6-2-3-8-15(14)17)19(26)13-25-20(27)16(12-22)18-10-5-11-24(18)21(25)28/h2-3,6,8,17H,4-5,7,9-11,13H2,1H3/t17-/m1/s1. The molecule has 144 valence electrons. The number of carbonyl (C=O) groups excluding carboxylic acids is 1. The van der Waals surface area contributed by atoms with Gasteiger partial charge in [-0.1, -0.05) is 24.3 Å². The number of rotatable bonds is 3. The lowest BCUT2D eigenvalue weighted by atomic mass is 9.87. The summed E-state index contributed by atoms with van der Waals surface area (Å²) in [5.74, 6) is -0.302. The number of hydrogen-bond donors (Lipinski definition) is 0. The number of amides is 1. The third-order valence-electron chi connectivity index (χ3n) is 5.93. The molecule has 1 aromatic carbocycles. The minimum Gasteiger partial charge on any atom is -0.337 e. The molecule has 4 rings (SSSR count). The Morgan fingerprint density at radius 3 is 2.82 bits per heavy atom. The van der Waals surface area contributed by atoms with Crippen LogP contribution in [0.2, 0.25) is 0 Å². The molecule has 28 heavy (non-hydrogen) atoms. The first-order chi connectivity index (χ1) is 13.5. The van der Waals surface area contributed by atoms with Crippen molar-refractivity contribution in [2.45, 2.75) is 51.2 Å². The Labute approximate surface area is 162 Å². The second kappa shape index (κ2) is 7.12. The minimum atomic E-state index is -0.661. The molecule has 0 N–H and O–H groups in total. The van der Waals surface area contributed by atoms with Crippen LogP contribution in [0.3, 0.4) is 0 Å². The number of nitrogens with zero attached hydrogens (tertiary/aromatic N) is 4. The number of carbonyl (C=O) groups is 1. The molecule has 7 heteroatoms. The molecule has 1 aliphatic carbocycles. The van der Waals surface area contributed by atoms with Crippen LogP contribution in [-0.2, 0) is 30.7 Å². The molecule has 1 amide bonds. The van der Waals surface area contributed by atoms with Crippen LogP contribution < -0.4 is 11.2 Å². The fourth-order valence-electron chi connectivity index (χ4n) is 4.44. The van der Waals surface area contributed by atoms with Crippen LogP contribution in [0.25, 0.3) is 0 Å². The van der Waals surface area contributed by atoms with Crippen molar-refractivity contribution < 1.29 is 4.79 Å².